The van der Waals surface area contributed by atoms with Crippen molar-refractivity contribution >= 4 is 40.6 Å². The molecule has 5 nitrogen and oxygen atoms in total. The minimum Gasteiger partial charge on any atom is -0.472 e. The fourth-order valence-corrected chi connectivity index (χ4v) is 5.27. The van der Waals surface area contributed by atoms with Crippen molar-refractivity contribution < 1.29 is 14.0 Å². The summed E-state index contributed by atoms with van der Waals surface area (Å²) in [6.45, 7) is 4.05. The Kier molecular flexibility index (Phi) is 5.28. The zero-order valence-electron chi connectivity index (χ0n) is 15.5. The zero-order chi connectivity index (χ0) is 19.7. The minimum absolute atomic E-state index is 0.133. The van der Waals surface area contributed by atoms with E-state index in [1.54, 1.807) is 35.3 Å². The molecule has 1 aliphatic heterocycles. The molecule has 0 spiro atoms. The first-order valence-corrected chi connectivity index (χ1v) is 10.9. The summed E-state index contributed by atoms with van der Waals surface area (Å²) in [5.41, 5.74) is 3.91. The summed E-state index contributed by atoms with van der Waals surface area (Å²) in [6.07, 6.45) is 3.22. The summed E-state index contributed by atoms with van der Waals surface area (Å²) >= 11 is 2.96. The highest BCUT2D eigenvalue weighted by Crippen LogP contribution is 2.43. The molecule has 144 valence electrons. The topological polar surface area (TPSA) is 62.6 Å². The molecule has 3 heterocycles. The van der Waals surface area contributed by atoms with Crippen LogP contribution in [0.5, 0.6) is 0 Å². The molecule has 4 rings (SSSR count). The highest BCUT2D eigenvalue weighted by atomic mass is 32.2. The van der Waals surface area contributed by atoms with Crippen LogP contribution >= 0.6 is 23.1 Å². The fraction of sp³-hybridized carbons (Fsp3) is 0.238. The molecule has 28 heavy (non-hydrogen) atoms. The number of carbonyl (C=O) groups excluding carboxylic acids is 2. The Bertz CT molecular complexity index is 983. The van der Waals surface area contributed by atoms with Gasteiger partial charge in [-0.15, -0.1) is 23.1 Å². The van der Waals surface area contributed by atoms with E-state index in [-0.39, 0.29) is 17.2 Å². The number of carbonyl (C=O) groups is 2. The van der Waals surface area contributed by atoms with Crippen molar-refractivity contribution in [1.29, 1.82) is 0 Å². The van der Waals surface area contributed by atoms with Gasteiger partial charge in [-0.25, -0.2) is 0 Å². The zero-order valence-corrected chi connectivity index (χ0v) is 17.2. The van der Waals surface area contributed by atoms with Gasteiger partial charge in [-0.1, -0.05) is 12.1 Å². The number of hydrogen-bond acceptors (Lipinski definition) is 5. The van der Waals surface area contributed by atoms with Crippen molar-refractivity contribution in [3.05, 3.63) is 75.9 Å². The third-order valence-corrected chi connectivity index (χ3v) is 7.05. The van der Waals surface area contributed by atoms with Crippen LogP contribution < -0.4 is 5.32 Å². The average molecular weight is 413 g/mol. The molecule has 2 aromatic heterocycles. The molecule has 7 heteroatoms. The van der Waals surface area contributed by atoms with E-state index >= 15 is 0 Å². The molecule has 0 saturated carbocycles. The van der Waals surface area contributed by atoms with Crippen molar-refractivity contribution in [3.63, 3.8) is 0 Å². The van der Waals surface area contributed by atoms with Gasteiger partial charge in [-0.05, 0) is 54.6 Å². The van der Waals surface area contributed by atoms with E-state index in [9.17, 15) is 9.59 Å². The molecule has 0 aliphatic carbocycles. The number of anilines is 1. The fourth-order valence-electron chi connectivity index (χ4n) is 3.20. The van der Waals surface area contributed by atoms with Gasteiger partial charge in [-0.3, -0.25) is 9.59 Å². The van der Waals surface area contributed by atoms with Crippen molar-refractivity contribution in [2.45, 2.75) is 25.3 Å². The predicted molar refractivity (Wildman–Crippen MR) is 113 cm³/mol. The third kappa shape index (κ3) is 3.59. The van der Waals surface area contributed by atoms with Crippen LogP contribution in [0, 0.1) is 13.8 Å². The van der Waals surface area contributed by atoms with E-state index in [2.05, 4.69) is 5.32 Å². The van der Waals surface area contributed by atoms with Crippen molar-refractivity contribution in [1.82, 2.24) is 4.90 Å². The number of nitrogens with zero attached hydrogens (tertiary/aromatic N) is 1. The lowest BCUT2D eigenvalue weighted by Crippen LogP contribution is -2.45. The first-order chi connectivity index (χ1) is 13.5. The van der Waals surface area contributed by atoms with Gasteiger partial charge in [0.1, 0.15) is 11.4 Å². The first-order valence-electron chi connectivity index (χ1n) is 8.92. The van der Waals surface area contributed by atoms with E-state index in [1.165, 1.54) is 16.9 Å². The maximum atomic E-state index is 13.2. The second-order valence-corrected chi connectivity index (χ2v) is 8.80. The van der Waals surface area contributed by atoms with Crippen LogP contribution in [0.3, 0.4) is 0 Å². The predicted octanol–water partition coefficient (Wildman–Crippen LogP) is 4.85. The molecule has 1 aliphatic rings. The quantitative estimate of drug-likeness (QED) is 0.665. The standard InChI is InChI=1S/C21H20N2O3S2/c1-13-5-6-16(10-14(13)2)22-19(24)17-12-28-21(15-7-8-26-11-15)23(17)20(25)18-4-3-9-27-18/h3-11,17,21H,12H2,1-2H3,(H,22,24)/t17-,21-/m1/s1. The lowest BCUT2D eigenvalue weighted by atomic mass is 10.1. The summed E-state index contributed by atoms with van der Waals surface area (Å²) in [7, 11) is 0. The number of amides is 2. The second kappa shape index (κ2) is 7.85. The number of aryl methyl sites for hydroxylation is 2. The monoisotopic (exact) mass is 412 g/mol. The van der Waals surface area contributed by atoms with E-state index < -0.39 is 6.04 Å². The molecular weight excluding hydrogens is 392 g/mol. The van der Waals surface area contributed by atoms with Crippen LogP contribution in [-0.2, 0) is 4.79 Å². The smallest absolute Gasteiger partial charge is 0.265 e. The normalized spacial score (nSPS) is 19.0. The van der Waals surface area contributed by atoms with Crippen LogP contribution in [0.15, 0.2) is 58.7 Å². The van der Waals surface area contributed by atoms with Crippen LogP contribution in [-0.4, -0.2) is 28.5 Å². The van der Waals surface area contributed by atoms with Gasteiger partial charge in [0.15, 0.2) is 0 Å². The number of hydrogen-bond donors (Lipinski definition) is 1. The third-order valence-electron chi connectivity index (χ3n) is 4.87. The van der Waals surface area contributed by atoms with Crippen LogP contribution in [0.4, 0.5) is 5.69 Å². The van der Waals surface area contributed by atoms with Crippen molar-refractivity contribution in [2.75, 3.05) is 11.1 Å². The van der Waals surface area contributed by atoms with Gasteiger partial charge >= 0.3 is 0 Å². The Morgan fingerprint density at radius 2 is 2.04 bits per heavy atom. The number of furan rings is 1. The summed E-state index contributed by atoms with van der Waals surface area (Å²) in [4.78, 5) is 28.6. The average Bonchev–Trinajstić information content (AvgIpc) is 3.44. The van der Waals surface area contributed by atoms with Gasteiger partial charge < -0.3 is 14.6 Å². The van der Waals surface area contributed by atoms with E-state index in [1.807, 2.05) is 49.6 Å². The van der Waals surface area contributed by atoms with Gasteiger partial charge in [0.2, 0.25) is 5.91 Å². The van der Waals surface area contributed by atoms with E-state index in [0.29, 0.717) is 10.6 Å². The molecule has 0 radical (unpaired) electrons. The molecule has 0 bridgehead atoms. The SMILES string of the molecule is Cc1ccc(NC(=O)[C@H]2CS[C@H](c3ccoc3)N2C(=O)c2cccs2)cc1C. The Labute approximate surface area is 171 Å². The highest BCUT2D eigenvalue weighted by molar-refractivity contribution is 7.99. The lowest BCUT2D eigenvalue weighted by molar-refractivity contribution is -0.119. The van der Waals surface area contributed by atoms with Crippen LogP contribution in [0.25, 0.3) is 0 Å². The molecule has 3 aromatic rings. The summed E-state index contributed by atoms with van der Waals surface area (Å²) in [5, 5.41) is 4.60. The van der Waals surface area contributed by atoms with Gasteiger partial charge in [0.05, 0.1) is 17.4 Å². The van der Waals surface area contributed by atoms with E-state index in [0.717, 1.165) is 16.8 Å². The molecule has 2 amide bonds. The molecule has 0 unspecified atom stereocenters. The Morgan fingerprint density at radius 1 is 1.18 bits per heavy atom. The number of benzene rings is 1. The van der Waals surface area contributed by atoms with Gasteiger partial charge in [-0.2, -0.15) is 0 Å². The summed E-state index contributed by atoms with van der Waals surface area (Å²) in [6, 6.07) is 10.8. The maximum absolute atomic E-state index is 13.2. The summed E-state index contributed by atoms with van der Waals surface area (Å²) < 4.78 is 5.21. The maximum Gasteiger partial charge on any atom is 0.265 e. The molecule has 1 fully saturated rings. The molecule has 1 aromatic carbocycles. The summed E-state index contributed by atoms with van der Waals surface area (Å²) in [5.74, 6) is 0.224. The van der Waals surface area contributed by atoms with Gasteiger partial charge in [0.25, 0.3) is 5.91 Å². The molecule has 1 saturated heterocycles. The minimum atomic E-state index is -0.555. The first kappa shape index (κ1) is 18.8. The van der Waals surface area contributed by atoms with E-state index in [4.69, 9.17) is 4.42 Å². The number of rotatable bonds is 4. The van der Waals surface area contributed by atoms with Crippen LogP contribution in [0.1, 0.15) is 31.7 Å². The molecule has 1 N–H and O–H groups in total. The highest BCUT2D eigenvalue weighted by Gasteiger charge is 2.43. The second-order valence-electron chi connectivity index (χ2n) is 6.74. The Balaban J connectivity index is 1.61. The van der Waals surface area contributed by atoms with Crippen LogP contribution in [0.2, 0.25) is 0 Å². The largest absolute Gasteiger partial charge is 0.472 e. The number of thiophene rings is 1. The molecule has 2 atom stereocenters. The number of thioether (sulfide) groups is 1. The number of nitrogens with one attached hydrogen (secondary N) is 1. The van der Waals surface area contributed by atoms with Crippen molar-refractivity contribution in [2.24, 2.45) is 0 Å². The Hall–Kier alpha value is -2.51. The van der Waals surface area contributed by atoms with Crippen molar-refractivity contribution in [3.8, 4) is 0 Å². The van der Waals surface area contributed by atoms with Gasteiger partial charge in [0, 0.05) is 17.0 Å². The Morgan fingerprint density at radius 3 is 2.71 bits per heavy atom. The molecular formula is C21H20N2O3S2. The lowest BCUT2D eigenvalue weighted by Gasteiger charge is -2.28.